The van der Waals surface area contributed by atoms with E-state index in [9.17, 15) is 9.59 Å². The summed E-state index contributed by atoms with van der Waals surface area (Å²) in [6.07, 6.45) is 3.63. The molecule has 2 saturated heterocycles. The Labute approximate surface area is 171 Å². The minimum Gasteiger partial charge on any atom is -0.342 e. The summed E-state index contributed by atoms with van der Waals surface area (Å²) in [6.45, 7) is 15.9. The first-order valence-corrected chi connectivity index (χ1v) is 11.4. The maximum absolute atomic E-state index is 12.9. The van der Waals surface area contributed by atoms with E-state index in [1.54, 1.807) is 0 Å². The molecule has 28 heavy (non-hydrogen) atoms. The molecule has 0 aliphatic carbocycles. The Hall–Kier alpha value is -0.980. The largest absolute Gasteiger partial charge is 0.342 e. The summed E-state index contributed by atoms with van der Waals surface area (Å²) in [5.74, 6) is 1.14. The minimum atomic E-state index is 0.109. The Bertz CT molecular complexity index is 479. The summed E-state index contributed by atoms with van der Waals surface area (Å²) >= 11 is 0. The average Bonchev–Trinajstić information content (AvgIpc) is 2.69. The summed E-state index contributed by atoms with van der Waals surface area (Å²) < 4.78 is 0. The molecule has 162 valence electrons. The molecule has 0 aromatic carbocycles. The number of nitrogens with one attached hydrogen (secondary N) is 2. The zero-order valence-corrected chi connectivity index (χ0v) is 18.5. The smallest absolute Gasteiger partial charge is 0.225 e. The van der Waals surface area contributed by atoms with E-state index in [2.05, 4.69) is 29.4 Å². The van der Waals surface area contributed by atoms with Crippen molar-refractivity contribution in [1.29, 1.82) is 0 Å². The van der Waals surface area contributed by atoms with Crippen LogP contribution in [0.25, 0.3) is 0 Å². The number of amides is 1. The highest BCUT2D eigenvalue weighted by molar-refractivity contribution is 5.83. The molecule has 6 heteroatoms. The third-order valence-corrected chi connectivity index (χ3v) is 6.17. The van der Waals surface area contributed by atoms with Gasteiger partial charge in [-0.3, -0.25) is 9.59 Å². The molecule has 0 unspecified atom stereocenters. The van der Waals surface area contributed by atoms with Crippen LogP contribution in [-0.4, -0.2) is 79.9 Å². The highest BCUT2D eigenvalue weighted by Crippen LogP contribution is 2.25. The van der Waals surface area contributed by atoms with E-state index in [0.29, 0.717) is 17.7 Å². The van der Waals surface area contributed by atoms with Crippen LogP contribution in [0.4, 0.5) is 0 Å². The molecule has 2 heterocycles. The summed E-state index contributed by atoms with van der Waals surface area (Å²) in [6, 6.07) is 0.542. The van der Waals surface area contributed by atoms with E-state index in [-0.39, 0.29) is 17.8 Å². The SMILES string of the molecule is CC(C)NCCNCCN1CCC(C(=O)N2CCC(C(=O)C(C)C)CC2)CC1. The summed E-state index contributed by atoms with van der Waals surface area (Å²) in [7, 11) is 0. The van der Waals surface area contributed by atoms with Gasteiger partial charge in [0.15, 0.2) is 0 Å². The van der Waals surface area contributed by atoms with Crippen molar-refractivity contribution in [3.63, 3.8) is 0 Å². The molecule has 0 atom stereocenters. The van der Waals surface area contributed by atoms with Crippen LogP contribution in [0.1, 0.15) is 53.4 Å². The van der Waals surface area contributed by atoms with Crippen LogP contribution in [-0.2, 0) is 9.59 Å². The van der Waals surface area contributed by atoms with Gasteiger partial charge in [-0.1, -0.05) is 27.7 Å². The number of piperidine rings is 2. The number of carbonyl (C=O) groups excluding carboxylic acids is 2. The highest BCUT2D eigenvalue weighted by Gasteiger charge is 2.32. The van der Waals surface area contributed by atoms with Crippen molar-refractivity contribution in [3.05, 3.63) is 0 Å². The van der Waals surface area contributed by atoms with Crippen molar-refractivity contribution in [2.45, 2.75) is 59.4 Å². The third kappa shape index (κ3) is 7.45. The first-order valence-electron chi connectivity index (χ1n) is 11.4. The molecular weight excluding hydrogens is 352 g/mol. The Morgan fingerprint density at radius 1 is 0.857 bits per heavy atom. The van der Waals surface area contributed by atoms with E-state index in [1.165, 1.54) is 0 Å². The van der Waals surface area contributed by atoms with E-state index >= 15 is 0 Å². The molecule has 2 fully saturated rings. The first kappa shape index (κ1) is 23.3. The van der Waals surface area contributed by atoms with Gasteiger partial charge in [0.1, 0.15) is 5.78 Å². The molecule has 0 radical (unpaired) electrons. The first-order chi connectivity index (χ1) is 13.4. The Kier molecular flexibility index (Phi) is 9.89. The van der Waals surface area contributed by atoms with E-state index in [0.717, 1.165) is 78.0 Å². The van der Waals surface area contributed by atoms with Gasteiger partial charge in [0.05, 0.1) is 0 Å². The van der Waals surface area contributed by atoms with Crippen LogP contribution in [0, 0.1) is 17.8 Å². The average molecular weight is 395 g/mol. The lowest BCUT2D eigenvalue weighted by Gasteiger charge is -2.37. The normalized spacial score (nSPS) is 20.3. The molecule has 0 aromatic rings. The topological polar surface area (TPSA) is 64.7 Å². The number of ketones is 1. The molecule has 1 amide bonds. The van der Waals surface area contributed by atoms with Gasteiger partial charge in [0.25, 0.3) is 0 Å². The van der Waals surface area contributed by atoms with E-state index in [4.69, 9.17) is 0 Å². The van der Waals surface area contributed by atoms with Crippen LogP contribution in [0.5, 0.6) is 0 Å². The van der Waals surface area contributed by atoms with Gasteiger partial charge >= 0.3 is 0 Å². The standard InChI is InChI=1S/C22H42N4O2/c1-17(2)21(27)19-7-14-26(15-8-19)22(28)20-5-12-25(13-6-20)16-11-23-9-10-24-18(3)4/h17-20,23-24H,5-16H2,1-4H3. The van der Waals surface area contributed by atoms with Crippen LogP contribution < -0.4 is 10.6 Å². The number of nitrogens with zero attached hydrogens (tertiary/aromatic N) is 2. The maximum Gasteiger partial charge on any atom is 0.225 e. The van der Waals surface area contributed by atoms with Crippen molar-refractivity contribution in [2.75, 3.05) is 52.4 Å². The molecule has 0 spiro atoms. The number of hydrogen-bond donors (Lipinski definition) is 2. The Balaban J connectivity index is 1.60. The van der Waals surface area contributed by atoms with Gasteiger partial charge in [-0.15, -0.1) is 0 Å². The number of hydrogen-bond acceptors (Lipinski definition) is 5. The number of carbonyl (C=O) groups is 2. The second-order valence-electron chi connectivity index (χ2n) is 9.13. The quantitative estimate of drug-likeness (QED) is 0.553. The lowest BCUT2D eigenvalue weighted by molar-refractivity contribution is -0.140. The predicted molar refractivity (Wildman–Crippen MR) is 114 cm³/mol. The molecule has 2 aliphatic heterocycles. The molecule has 0 saturated carbocycles. The molecule has 2 rings (SSSR count). The van der Waals surface area contributed by atoms with Crippen LogP contribution in [0.15, 0.2) is 0 Å². The second kappa shape index (κ2) is 11.9. The predicted octanol–water partition coefficient (Wildman–Crippen LogP) is 1.75. The van der Waals surface area contributed by atoms with Gasteiger partial charge in [-0.2, -0.15) is 0 Å². The second-order valence-corrected chi connectivity index (χ2v) is 9.13. The van der Waals surface area contributed by atoms with Crippen molar-refractivity contribution in [2.24, 2.45) is 17.8 Å². The fourth-order valence-corrected chi connectivity index (χ4v) is 4.33. The van der Waals surface area contributed by atoms with Crippen molar-refractivity contribution >= 4 is 11.7 Å². The van der Waals surface area contributed by atoms with Crippen molar-refractivity contribution in [3.8, 4) is 0 Å². The zero-order valence-electron chi connectivity index (χ0n) is 18.5. The Morgan fingerprint density at radius 3 is 2.04 bits per heavy atom. The summed E-state index contributed by atoms with van der Waals surface area (Å²) in [5, 5.41) is 6.90. The molecule has 6 nitrogen and oxygen atoms in total. The van der Waals surface area contributed by atoms with Gasteiger partial charge in [0.2, 0.25) is 5.91 Å². The van der Waals surface area contributed by atoms with Gasteiger partial charge < -0.3 is 20.4 Å². The monoisotopic (exact) mass is 394 g/mol. The van der Waals surface area contributed by atoms with Crippen LogP contribution in [0.2, 0.25) is 0 Å². The molecular formula is C22H42N4O2. The fraction of sp³-hybridized carbons (Fsp3) is 0.909. The lowest BCUT2D eigenvalue weighted by Crippen LogP contribution is -2.47. The van der Waals surface area contributed by atoms with Gasteiger partial charge in [-0.05, 0) is 38.8 Å². The third-order valence-electron chi connectivity index (χ3n) is 6.17. The number of likely N-dealkylation sites (tertiary alicyclic amines) is 2. The zero-order chi connectivity index (χ0) is 20.5. The van der Waals surface area contributed by atoms with E-state index < -0.39 is 0 Å². The maximum atomic E-state index is 12.9. The Morgan fingerprint density at radius 2 is 1.46 bits per heavy atom. The number of rotatable bonds is 10. The molecule has 0 bridgehead atoms. The minimum absolute atomic E-state index is 0.109. The number of Topliss-reactive ketones (excluding diaryl/α,β-unsaturated/α-hetero) is 1. The van der Waals surface area contributed by atoms with Gasteiger partial charge in [0, 0.05) is 63.1 Å². The van der Waals surface area contributed by atoms with Gasteiger partial charge in [-0.25, -0.2) is 0 Å². The van der Waals surface area contributed by atoms with E-state index in [1.807, 2.05) is 18.7 Å². The molecule has 0 aromatic heterocycles. The van der Waals surface area contributed by atoms with Crippen LogP contribution in [0.3, 0.4) is 0 Å². The lowest BCUT2D eigenvalue weighted by atomic mass is 9.86. The van der Waals surface area contributed by atoms with Crippen LogP contribution >= 0.6 is 0 Å². The fourth-order valence-electron chi connectivity index (χ4n) is 4.33. The van der Waals surface area contributed by atoms with Crippen molar-refractivity contribution < 1.29 is 9.59 Å². The summed E-state index contributed by atoms with van der Waals surface area (Å²) in [5.41, 5.74) is 0. The molecule has 2 aliphatic rings. The molecule has 2 N–H and O–H groups in total. The van der Waals surface area contributed by atoms with Crippen molar-refractivity contribution in [1.82, 2.24) is 20.4 Å². The highest BCUT2D eigenvalue weighted by atomic mass is 16.2. The summed E-state index contributed by atoms with van der Waals surface area (Å²) in [4.78, 5) is 29.5.